The smallest absolute Gasteiger partial charge is 0.256 e. The molecule has 9 N–H and O–H groups in total. The third-order valence-electron chi connectivity index (χ3n) is 27.1. The number of nitrogens with one attached hydrogen (secondary N) is 7. The molecule has 18 rings (SSSR count). The van der Waals surface area contributed by atoms with Crippen LogP contribution in [0, 0.1) is 29.6 Å². The molecule has 0 saturated carbocycles. The van der Waals surface area contributed by atoms with E-state index >= 15 is 0 Å². The molecule has 5 aliphatic rings. The summed E-state index contributed by atoms with van der Waals surface area (Å²) in [6.07, 6.45) is 22.5. The van der Waals surface area contributed by atoms with Crippen molar-refractivity contribution < 1.29 is 43.1 Å². The summed E-state index contributed by atoms with van der Waals surface area (Å²) in [5.74, 6) is 2.97. The van der Waals surface area contributed by atoms with Crippen LogP contribution < -0.4 is 21.7 Å². The summed E-state index contributed by atoms with van der Waals surface area (Å²) in [4.78, 5) is 128. The number of hydrogen-bond acceptors (Lipinski definition) is 11. The molecule has 0 aliphatic carbocycles. The number of likely N-dealkylation sites (tertiary alicyclic amines) is 5. The molecule has 4 aromatic heterocycles. The van der Waals surface area contributed by atoms with Crippen LogP contribution in [0.15, 0.2) is 249 Å². The van der Waals surface area contributed by atoms with Gasteiger partial charge in [0.05, 0.1) is 28.9 Å². The van der Waals surface area contributed by atoms with Crippen LogP contribution in [0.4, 0.5) is 0 Å². The molecule has 0 bridgehead atoms. The normalized spacial score (nSPS) is 15.4. The zero-order chi connectivity index (χ0) is 91.7. The maximum atomic E-state index is 13.4. The highest BCUT2D eigenvalue weighted by atomic mass is 16.5. The Morgan fingerprint density at radius 2 is 0.629 bits per heavy atom. The van der Waals surface area contributed by atoms with Gasteiger partial charge in [-0.15, -0.1) is 0 Å². The van der Waals surface area contributed by atoms with Crippen molar-refractivity contribution in [2.75, 3.05) is 126 Å². The molecule has 5 fully saturated rings. The lowest BCUT2D eigenvalue weighted by molar-refractivity contribution is 0.0683. The predicted octanol–water partition coefficient (Wildman–Crippen LogP) is 16.5. The van der Waals surface area contributed by atoms with Gasteiger partial charge in [0.25, 0.3) is 47.3 Å². The second-order valence-corrected chi connectivity index (χ2v) is 36.1. The quantitative estimate of drug-likeness (QED) is 0.0236. The number of benzene rings is 9. The zero-order valence-corrected chi connectivity index (χ0v) is 76.4. The van der Waals surface area contributed by atoms with Crippen molar-refractivity contribution in [2.24, 2.45) is 35.3 Å². The second-order valence-electron chi connectivity index (χ2n) is 36.1. The summed E-state index contributed by atoms with van der Waals surface area (Å²) in [6.45, 7) is 10.9. The van der Waals surface area contributed by atoms with Crippen LogP contribution in [0.1, 0.15) is 175 Å². The van der Waals surface area contributed by atoms with Crippen LogP contribution in [0.5, 0.6) is 0 Å². The van der Waals surface area contributed by atoms with Crippen molar-refractivity contribution in [1.82, 2.24) is 65.3 Å². The van der Waals surface area contributed by atoms with Crippen molar-refractivity contribution in [3.63, 3.8) is 0 Å². The summed E-state index contributed by atoms with van der Waals surface area (Å²) in [5, 5.41) is 12.0. The first-order chi connectivity index (χ1) is 64.5. The summed E-state index contributed by atoms with van der Waals surface area (Å²) < 4.78 is 4.98. The number of ether oxygens (including phenoxy) is 1. The van der Waals surface area contributed by atoms with Gasteiger partial charge in [0, 0.05) is 203 Å². The van der Waals surface area contributed by atoms with E-state index in [0.717, 1.165) is 205 Å². The Kier molecular flexibility index (Phi) is 32.6. The molecule has 13 aromatic rings. The molecule has 23 heteroatoms. The van der Waals surface area contributed by atoms with Crippen LogP contribution in [0.3, 0.4) is 0 Å². The molecular weight excluding hydrogens is 1650 g/mol. The molecule has 132 heavy (non-hydrogen) atoms. The summed E-state index contributed by atoms with van der Waals surface area (Å²) in [5.41, 5.74) is 20.8. The molecular formula is C109H126N14O9. The summed E-state index contributed by atoms with van der Waals surface area (Å²) in [6, 6.07) is 75.3. The minimum absolute atomic E-state index is 0.0343. The maximum Gasteiger partial charge on any atom is 0.256 e. The standard InChI is InChI=1S/C34H37N3O2.2C25H30N4O2.C25H29N3O3/c38-33(36-17-13-27(14-18-36)21-25-7-3-1-4-8-25)29-11-12-30-31(24-35-32(30)23-29)34(39)37-19-15-28(16-20-37)22-26-9-5-2-6-10-26;1-26-11-12-27-24(30)22-17-28-23-8-7-20(16-21(22)23)25(31)29-13-9-19(10-14-29)15-18-5-3-2-4-6-18;1-28(14-11-26)25(31)22-17-27-23-8-7-20(16-21(22)23)24(30)29-12-9-19(10-13-29)15-18-5-3-2-4-6-18;1-31-14-11-26-24(29)22-17-27-23-8-7-20(16-21(22)23)25(30)28-12-9-19(10-13-28)15-18-5-3-2-4-6-18/h1-12,23-24,27-28,35H,13-22H2;2-8,16-17,19,26,28H,9-15H2,1H3,(H,27,30);2-8,16-17,19,27H,9-15,26H2,1H3;2-8,16-17,19,27H,9-15H2,1H3,(H,26,29). The van der Waals surface area contributed by atoms with Gasteiger partial charge in [-0.05, 0) is 227 Å². The molecule has 0 atom stereocenters. The van der Waals surface area contributed by atoms with E-state index in [0.29, 0.717) is 113 Å². The van der Waals surface area contributed by atoms with E-state index in [1.807, 2.05) is 129 Å². The van der Waals surface area contributed by atoms with E-state index in [4.69, 9.17) is 10.5 Å². The Labute approximate surface area is 774 Å². The van der Waals surface area contributed by atoms with Crippen molar-refractivity contribution in [2.45, 2.75) is 96.3 Å². The number of fused-ring (bicyclic) bond motifs is 4. The van der Waals surface area contributed by atoms with Crippen LogP contribution in [-0.2, 0) is 36.8 Å². The number of aromatic nitrogens is 4. The Bertz CT molecular complexity index is 5820. The molecule has 9 heterocycles. The monoisotopic (exact) mass is 1770 g/mol. The second kappa shape index (κ2) is 46.0. The molecule has 8 amide bonds. The number of methoxy groups -OCH3 is 1. The number of amides is 8. The number of carbonyl (C=O) groups is 8. The fourth-order valence-electron chi connectivity index (χ4n) is 19.3. The van der Waals surface area contributed by atoms with Crippen LogP contribution in [0.25, 0.3) is 43.6 Å². The van der Waals surface area contributed by atoms with Gasteiger partial charge in [0.2, 0.25) is 0 Å². The summed E-state index contributed by atoms with van der Waals surface area (Å²) >= 11 is 0. The number of H-pyrrole nitrogens is 4. The fraction of sp³-hybridized carbons (Fsp3) is 0.358. The van der Waals surface area contributed by atoms with Gasteiger partial charge in [-0.1, -0.05) is 158 Å². The van der Waals surface area contributed by atoms with Gasteiger partial charge in [-0.25, -0.2) is 0 Å². The van der Waals surface area contributed by atoms with Gasteiger partial charge in [0.15, 0.2) is 0 Å². The number of aromatic amines is 4. The molecule has 9 aromatic carbocycles. The highest BCUT2D eigenvalue weighted by Crippen LogP contribution is 2.33. The molecule has 5 saturated heterocycles. The molecule has 0 spiro atoms. The number of rotatable bonds is 26. The molecule has 0 unspecified atom stereocenters. The van der Waals surface area contributed by atoms with Crippen molar-refractivity contribution >= 4 is 90.9 Å². The fourth-order valence-corrected chi connectivity index (χ4v) is 19.3. The number of carbonyl (C=O) groups excluding carboxylic acids is 8. The van der Waals surface area contributed by atoms with Crippen molar-refractivity contribution in [3.05, 3.63) is 322 Å². The third kappa shape index (κ3) is 24.3. The number of hydrogen-bond donors (Lipinski definition) is 8. The first-order valence-corrected chi connectivity index (χ1v) is 47.3. The molecule has 5 aliphatic heterocycles. The van der Waals surface area contributed by atoms with Gasteiger partial charge in [-0.3, -0.25) is 38.4 Å². The Morgan fingerprint density at radius 1 is 0.341 bits per heavy atom. The Morgan fingerprint density at radius 3 is 0.955 bits per heavy atom. The van der Waals surface area contributed by atoms with Gasteiger partial charge >= 0.3 is 0 Å². The number of piperidine rings is 5. The van der Waals surface area contributed by atoms with Gasteiger partial charge in [0.1, 0.15) is 0 Å². The summed E-state index contributed by atoms with van der Waals surface area (Å²) in [7, 11) is 5.18. The predicted molar refractivity (Wildman–Crippen MR) is 524 cm³/mol. The highest BCUT2D eigenvalue weighted by Gasteiger charge is 2.32. The SMILES string of the molecule is CN(CCN)C(=O)c1c[nH]c2ccc(C(=O)N3CCC(Cc4ccccc4)CC3)cc12.CNCCNC(=O)c1c[nH]c2ccc(C(=O)N3CCC(Cc4ccccc4)CC3)cc12.COCCNC(=O)c1c[nH]c2ccc(C(=O)N3CCC(Cc4ccccc4)CC3)cc12.O=C(c1ccc2c(C(=O)N3CCC(Cc4ccccc4)CC3)c[nH]c2c1)N1CCC(Cc2ccccc2)CC1. The van der Waals surface area contributed by atoms with Crippen LogP contribution in [0.2, 0.25) is 0 Å². The molecule has 0 radical (unpaired) electrons. The number of nitrogens with zero attached hydrogens (tertiary/aromatic N) is 6. The largest absolute Gasteiger partial charge is 0.383 e. The third-order valence-corrected chi connectivity index (χ3v) is 27.1. The number of nitrogens with two attached hydrogens (primary N) is 1. The first kappa shape index (κ1) is 93.5. The first-order valence-electron chi connectivity index (χ1n) is 47.3. The van der Waals surface area contributed by atoms with Crippen molar-refractivity contribution in [1.29, 1.82) is 0 Å². The number of likely N-dealkylation sites (N-methyl/N-ethyl adjacent to an activating group) is 2. The zero-order valence-electron chi connectivity index (χ0n) is 76.4. The average molecular weight is 1780 g/mol. The van der Waals surface area contributed by atoms with Crippen molar-refractivity contribution in [3.8, 4) is 0 Å². The molecule has 686 valence electrons. The Hall–Kier alpha value is -13.2. The van der Waals surface area contributed by atoms with Crippen LogP contribution in [-0.4, -0.2) is 223 Å². The van der Waals surface area contributed by atoms with E-state index in [1.54, 1.807) is 37.6 Å². The lowest BCUT2D eigenvalue weighted by Gasteiger charge is -2.32. The van der Waals surface area contributed by atoms with E-state index in [2.05, 4.69) is 169 Å². The van der Waals surface area contributed by atoms with E-state index < -0.39 is 0 Å². The van der Waals surface area contributed by atoms with Crippen LogP contribution >= 0.6 is 0 Å². The lowest BCUT2D eigenvalue weighted by atomic mass is 9.90. The Balaban J connectivity index is 0.000000135. The van der Waals surface area contributed by atoms with E-state index in [1.165, 1.54) is 27.8 Å². The van der Waals surface area contributed by atoms with E-state index in [9.17, 15) is 38.4 Å². The molecule has 23 nitrogen and oxygen atoms in total. The topological polar surface area (TPSA) is 290 Å². The maximum absolute atomic E-state index is 13.4. The minimum atomic E-state index is -0.172. The van der Waals surface area contributed by atoms with E-state index in [-0.39, 0.29) is 47.3 Å². The lowest BCUT2D eigenvalue weighted by Crippen LogP contribution is -2.39. The average Bonchev–Trinajstić information content (AvgIpc) is 1.67. The van der Waals surface area contributed by atoms with Gasteiger partial charge in [-0.2, -0.15) is 0 Å². The minimum Gasteiger partial charge on any atom is -0.383 e. The highest BCUT2D eigenvalue weighted by molar-refractivity contribution is 6.12. The van der Waals surface area contributed by atoms with Gasteiger partial charge < -0.3 is 75.8 Å².